The topological polar surface area (TPSA) is 81.4 Å². The zero-order valence-electron chi connectivity index (χ0n) is 18.0. The van der Waals surface area contributed by atoms with Crippen molar-refractivity contribution in [3.63, 3.8) is 0 Å². The van der Waals surface area contributed by atoms with Crippen molar-refractivity contribution < 1.29 is 41.7 Å². The minimum Gasteiger partial charge on any atom is -0.493 e. The molecule has 1 atom stereocenters. The van der Waals surface area contributed by atoms with Crippen LogP contribution in [-0.4, -0.2) is 31.0 Å². The molecule has 1 N–H and O–H groups in total. The summed E-state index contributed by atoms with van der Waals surface area (Å²) in [5, 5.41) is 10.7. The second kappa shape index (κ2) is 7.98. The highest BCUT2D eigenvalue weighted by molar-refractivity contribution is 6.11. The average Bonchev–Trinajstić information content (AvgIpc) is 3.52. The molecule has 2 aromatic carbocycles. The number of aliphatic hydroxyl groups excluding tert-OH is 1. The second-order valence-electron chi connectivity index (χ2n) is 7.87. The van der Waals surface area contributed by atoms with Crippen LogP contribution in [-0.2, 0) is 22.9 Å². The molecule has 2 aliphatic heterocycles. The molecule has 0 unspecified atom stereocenters. The monoisotopic (exact) mass is 475 g/mol. The third-order valence-electron chi connectivity index (χ3n) is 5.99. The molecular weight excluding hydrogens is 455 g/mol. The number of ether oxygens (including phenoxy) is 3. The van der Waals surface area contributed by atoms with Crippen molar-refractivity contribution in [3.05, 3.63) is 71.2 Å². The molecule has 1 amide bonds. The predicted octanol–water partition coefficient (Wildman–Crippen LogP) is 4.25. The molecule has 10 heteroatoms. The van der Waals surface area contributed by atoms with Crippen LogP contribution in [0.4, 0.5) is 18.9 Å². The van der Waals surface area contributed by atoms with E-state index in [1.54, 1.807) is 43.3 Å². The number of para-hydroxylation sites is 1. The van der Waals surface area contributed by atoms with Gasteiger partial charge in [-0.3, -0.25) is 4.79 Å². The SMILES string of the molecule is CCOc1cc2c(cc1[C@@]1(CO)C(=O)N(Cc3ccc(C(F)(F)F)o3)c3ccccc31)OCO2. The van der Waals surface area contributed by atoms with E-state index in [0.717, 1.165) is 6.07 Å². The number of hydrogen-bond donors (Lipinski definition) is 1. The van der Waals surface area contributed by atoms with E-state index < -0.39 is 29.9 Å². The Morgan fingerprint density at radius 2 is 1.82 bits per heavy atom. The molecule has 5 rings (SSSR count). The molecule has 0 fully saturated rings. The van der Waals surface area contributed by atoms with E-state index in [1.807, 2.05) is 0 Å². The van der Waals surface area contributed by atoms with Crippen molar-refractivity contribution in [1.29, 1.82) is 0 Å². The fraction of sp³-hybridized carbons (Fsp3) is 0.292. The maximum Gasteiger partial charge on any atom is 0.449 e. The highest BCUT2D eigenvalue weighted by Crippen LogP contribution is 2.52. The van der Waals surface area contributed by atoms with Crippen LogP contribution < -0.4 is 19.1 Å². The van der Waals surface area contributed by atoms with Gasteiger partial charge in [-0.1, -0.05) is 18.2 Å². The van der Waals surface area contributed by atoms with E-state index in [1.165, 1.54) is 11.0 Å². The van der Waals surface area contributed by atoms with Crippen molar-refractivity contribution in [1.82, 2.24) is 0 Å². The number of anilines is 1. The van der Waals surface area contributed by atoms with Crippen LogP contribution in [0.2, 0.25) is 0 Å². The van der Waals surface area contributed by atoms with Crippen LogP contribution in [0.15, 0.2) is 52.9 Å². The molecule has 34 heavy (non-hydrogen) atoms. The zero-order valence-corrected chi connectivity index (χ0v) is 18.0. The molecule has 7 nitrogen and oxygen atoms in total. The van der Waals surface area contributed by atoms with Gasteiger partial charge in [0.05, 0.1) is 19.8 Å². The third kappa shape index (κ3) is 3.28. The van der Waals surface area contributed by atoms with Crippen molar-refractivity contribution in [2.75, 3.05) is 24.9 Å². The Morgan fingerprint density at radius 3 is 2.50 bits per heavy atom. The summed E-state index contributed by atoms with van der Waals surface area (Å²) in [6.45, 7) is 1.23. The number of halogens is 3. The molecule has 2 aliphatic rings. The fourth-order valence-electron chi connectivity index (χ4n) is 4.48. The summed E-state index contributed by atoms with van der Waals surface area (Å²) in [5.41, 5.74) is -0.255. The van der Waals surface area contributed by atoms with Gasteiger partial charge >= 0.3 is 6.18 Å². The van der Waals surface area contributed by atoms with Gasteiger partial charge in [0.2, 0.25) is 18.5 Å². The number of carbonyl (C=O) groups is 1. The number of carbonyl (C=O) groups excluding carboxylic acids is 1. The maximum absolute atomic E-state index is 14.0. The number of fused-ring (bicyclic) bond motifs is 2. The predicted molar refractivity (Wildman–Crippen MR) is 113 cm³/mol. The molecule has 178 valence electrons. The van der Waals surface area contributed by atoms with Gasteiger partial charge in [-0.15, -0.1) is 0 Å². The van der Waals surface area contributed by atoms with Crippen molar-refractivity contribution in [2.24, 2.45) is 0 Å². The quantitative estimate of drug-likeness (QED) is 0.574. The van der Waals surface area contributed by atoms with Gasteiger partial charge in [0.1, 0.15) is 16.9 Å². The molecule has 0 radical (unpaired) electrons. The minimum absolute atomic E-state index is 0.00711. The first kappa shape index (κ1) is 22.1. The Hall–Kier alpha value is -3.66. The summed E-state index contributed by atoms with van der Waals surface area (Å²) >= 11 is 0. The summed E-state index contributed by atoms with van der Waals surface area (Å²) < 4.78 is 60.7. The van der Waals surface area contributed by atoms with Gasteiger partial charge in [0.15, 0.2) is 11.5 Å². The molecule has 0 saturated heterocycles. The van der Waals surface area contributed by atoms with E-state index >= 15 is 0 Å². The first-order chi connectivity index (χ1) is 16.3. The number of furan rings is 1. The van der Waals surface area contributed by atoms with Gasteiger partial charge in [0.25, 0.3) is 0 Å². The highest BCUT2D eigenvalue weighted by Gasteiger charge is 2.54. The van der Waals surface area contributed by atoms with Crippen molar-refractivity contribution in [2.45, 2.75) is 25.1 Å². The number of nitrogens with zero attached hydrogens (tertiary/aromatic N) is 1. The Labute approximate surface area is 192 Å². The zero-order chi connectivity index (χ0) is 24.1. The van der Waals surface area contributed by atoms with Gasteiger partial charge in [0, 0.05) is 17.3 Å². The number of aliphatic hydroxyl groups is 1. The Kier molecular flexibility index (Phi) is 5.20. The number of amides is 1. The summed E-state index contributed by atoms with van der Waals surface area (Å²) in [6, 6.07) is 12.0. The van der Waals surface area contributed by atoms with Crippen LogP contribution in [0, 0.1) is 0 Å². The Balaban J connectivity index is 1.63. The summed E-state index contributed by atoms with van der Waals surface area (Å²) in [7, 11) is 0. The number of benzene rings is 2. The van der Waals surface area contributed by atoms with Gasteiger partial charge in [-0.2, -0.15) is 13.2 Å². The maximum atomic E-state index is 14.0. The van der Waals surface area contributed by atoms with Crippen LogP contribution >= 0.6 is 0 Å². The van der Waals surface area contributed by atoms with E-state index in [4.69, 9.17) is 18.6 Å². The molecule has 0 aliphatic carbocycles. The molecule has 3 heterocycles. The number of rotatable bonds is 6. The first-order valence-electron chi connectivity index (χ1n) is 10.5. The Morgan fingerprint density at radius 1 is 1.09 bits per heavy atom. The second-order valence-corrected chi connectivity index (χ2v) is 7.87. The molecule has 0 saturated carbocycles. The summed E-state index contributed by atoms with van der Waals surface area (Å²) in [5.74, 6) is -0.531. The van der Waals surface area contributed by atoms with E-state index in [9.17, 15) is 23.1 Å². The third-order valence-corrected chi connectivity index (χ3v) is 5.99. The van der Waals surface area contributed by atoms with Crippen LogP contribution in [0.5, 0.6) is 17.2 Å². The van der Waals surface area contributed by atoms with Crippen molar-refractivity contribution in [3.8, 4) is 17.2 Å². The van der Waals surface area contributed by atoms with Crippen LogP contribution in [0.1, 0.15) is 29.6 Å². The fourth-order valence-corrected chi connectivity index (χ4v) is 4.48. The van der Waals surface area contributed by atoms with Crippen molar-refractivity contribution >= 4 is 11.6 Å². The Bertz CT molecular complexity index is 1250. The molecule has 0 spiro atoms. The van der Waals surface area contributed by atoms with Crippen LogP contribution in [0.25, 0.3) is 0 Å². The highest BCUT2D eigenvalue weighted by atomic mass is 19.4. The van der Waals surface area contributed by atoms with E-state index in [0.29, 0.717) is 40.7 Å². The molecular formula is C24H20F3NO6. The summed E-state index contributed by atoms with van der Waals surface area (Å²) in [4.78, 5) is 15.3. The largest absolute Gasteiger partial charge is 0.493 e. The lowest BCUT2D eigenvalue weighted by Gasteiger charge is -2.29. The minimum atomic E-state index is -4.64. The smallest absolute Gasteiger partial charge is 0.449 e. The molecule has 0 bridgehead atoms. The van der Waals surface area contributed by atoms with Gasteiger partial charge in [-0.05, 0) is 36.8 Å². The normalized spacial score (nSPS) is 19.0. The van der Waals surface area contributed by atoms with E-state index in [2.05, 4.69) is 0 Å². The lowest BCUT2D eigenvalue weighted by molar-refractivity contribution is -0.153. The molecule has 1 aromatic heterocycles. The molecule has 3 aromatic rings. The lowest BCUT2D eigenvalue weighted by Crippen LogP contribution is -2.44. The van der Waals surface area contributed by atoms with Crippen LogP contribution in [0.3, 0.4) is 0 Å². The lowest BCUT2D eigenvalue weighted by atomic mass is 9.75. The summed E-state index contributed by atoms with van der Waals surface area (Å²) in [6.07, 6.45) is -4.64. The number of hydrogen-bond acceptors (Lipinski definition) is 6. The van der Waals surface area contributed by atoms with Gasteiger partial charge < -0.3 is 28.6 Å². The van der Waals surface area contributed by atoms with E-state index in [-0.39, 0.29) is 19.1 Å². The van der Waals surface area contributed by atoms with Gasteiger partial charge in [-0.25, -0.2) is 0 Å². The standard InChI is InChI=1S/C24H20F3NO6/c1-2-31-18-10-20-19(32-13-33-20)9-16(18)23(12-29)15-5-3-4-6-17(15)28(22(23)30)11-14-7-8-21(34-14)24(25,26)27/h3-10,29H,2,11-13H2,1H3/t23-/m0/s1. The average molecular weight is 475 g/mol. The first-order valence-corrected chi connectivity index (χ1v) is 10.5. The number of alkyl halides is 3.